The van der Waals surface area contributed by atoms with E-state index in [-0.39, 0.29) is 39.2 Å². The van der Waals surface area contributed by atoms with Crippen LogP contribution < -0.4 is 10.2 Å². The molecule has 0 bridgehead atoms. The van der Waals surface area contributed by atoms with Crippen molar-refractivity contribution in [2.75, 3.05) is 36.4 Å². The molecule has 0 spiro atoms. The zero-order valence-electron chi connectivity index (χ0n) is 22.7. The average molecular weight is 612 g/mol. The standard InChI is InChI=1S/C27H37BrClFN6O2/c1-15-14-36(26(37)38-27(3,4)5)16(2)13-35(15)24-19-12-20(29)21(28)22(30)23(19)32-25(33-24)31-17-8-10-34(11-9-17)18-6-7-18/h12,15-18H,6-11,13-14H2,1-5H3,(H,31,32,33)/t15-,16-/m0/s1. The van der Waals surface area contributed by atoms with Crippen LogP contribution in [-0.2, 0) is 4.74 Å². The van der Waals surface area contributed by atoms with E-state index >= 15 is 4.39 Å². The minimum atomic E-state index is -0.572. The molecule has 3 heterocycles. The van der Waals surface area contributed by atoms with Gasteiger partial charge in [-0.25, -0.2) is 14.2 Å². The lowest BCUT2D eigenvalue weighted by molar-refractivity contribution is 0.0130. The van der Waals surface area contributed by atoms with Crippen molar-refractivity contribution in [3.05, 3.63) is 21.4 Å². The molecule has 1 N–H and O–H groups in total. The number of rotatable bonds is 4. The first-order valence-electron chi connectivity index (χ1n) is 13.5. The number of carbonyl (C=O) groups is 1. The summed E-state index contributed by atoms with van der Waals surface area (Å²) < 4.78 is 21.3. The van der Waals surface area contributed by atoms with Crippen molar-refractivity contribution in [1.82, 2.24) is 19.8 Å². The summed E-state index contributed by atoms with van der Waals surface area (Å²) >= 11 is 9.66. The van der Waals surface area contributed by atoms with Crippen LogP contribution in [0.1, 0.15) is 60.3 Å². The molecule has 5 rings (SSSR count). The molecule has 208 valence electrons. The molecule has 0 unspecified atom stereocenters. The fraction of sp³-hybridized carbons (Fsp3) is 0.667. The summed E-state index contributed by atoms with van der Waals surface area (Å²) in [4.78, 5) is 28.9. The molecule has 2 aliphatic heterocycles. The molecule has 38 heavy (non-hydrogen) atoms. The molecule has 3 fully saturated rings. The number of ether oxygens (including phenoxy) is 1. The molecule has 8 nitrogen and oxygen atoms in total. The number of nitrogens with one attached hydrogen (secondary N) is 1. The average Bonchev–Trinajstić information content (AvgIpc) is 3.69. The van der Waals surface area contributed by atoms with Crippen LogP contribution >= 0.6 is 27.5 Å². The van der Waals surface area contributed by atoms with E-state index in [0.717, 1.165) is 32.0 Å². The van der Waals surface area contributed by atoms with Crippen LogP contribution in [0.4, 0.5) is 21.0 Å². The summed E-state index contributed by atoms with van der Waals surface area (Å²) in [6.45, 7) is 12.7. The number of hydrogen-bond donors (Lipinski definition) is 1. The summed E-state index contributed by atoms with van der Waals surface area (Å²) in [5, 5.41) is 4.31. The van der Waals surface area contributed by atoms with Crippen LogP contribution in [0.3, 0.4) is 0 Å². The third-order valence-corrected chi connectivity index (χ3v) is 8.92. The van der Waals surface area contributed by atoms with Crippen LogP contribution in [0, 0.1) is 5.82 Å². The van der Waals surface area contributed by atoms with Gasteiger partial charge in [0.15, 0.2) is 5.82 Å². The van der Waals surface area contributed by atoms with Gasteiger partial charge in [0.2, 0.25) is 5.95 Å². The van der Waals surface area contributed by atoms with Gasteiger partial charge in [-0.3, -0.25) is 0 Å². The summed E-state index contributed by atoms with van der Waals surface area (Å²) in [6.07, 6.45) is 4.29. The van der Waals surface area contributed by atoms with Crippen LogP contribution in [0.5, 0.6) is 0 Å². The molecular weight excluding hydrogens is 575 g/mol. The van der Waals surface area contributed by atoms with Crippen LogP contribution in [0.25, 0.3) is 10.9 Å². The van der Waals surface area contributed by atoms with Crippen molar-refractivity contribution in [3.8, 4) is 0 Å². The summed E-state index contributed by atoms with van der Waals surface area (Å²) in [7, 11) is 0. The molecule has 11 heteroatoms. The number of amides is 1. The van der Waals surface area contributed by atoms with E-state index < -0.39 is 11.4 Å². The maximum Gasteiger partial charge on any atom is 0.410 e. The third-order valence-electron chi connectivity index (χ3n) is 7.62. The monoisotopic (exact) mass is 610 g/mol. The number of halogens is 3. The Hall–Kier alpha value is -1.91. The number of nitrogens with zero attached hydrogens (tertiary/aromatic N) is 5. The number of benzene rings is 1. The maximum atomic E-state index is 15.5. The van der Waals surface area contributed by atoms with E-state index in [1.165, 1.54) is 12.8 Å². The minimum absolute atomic E-state index is 0.0862. The Bertz CT molecular complexity index is 1210. The highest BCUT2D eigenvalue weighted by Crippen LogP contribution is 2.38. The number of fused-ring (bicyclic) bond motifs is 1. The maximum absolute atomic E-state index is 15.5. The number of hydrogen-bond acceptors (Lipinski definition) is 7. The highest BCUT2D eigenvalue weighted by atomic mass is 79.9. The lowest BCUT2D eigenvalue weighted by Gasteiger charge is -2.45. The fourth-order valence-corrected chi connectivity index (χ4v) is 5.96. The van der Waals surface area contributed by atoms with Crippen molar-refractivity contribution in [2.45, 2.75) is 90.1 Å². The number of anilines is 2. The minimum Gasteiger partial charge on any atom is -0.444 e. The van der Waals surface area contributed by atoms with Gasteiger partial charge < -0.3 is 24.8 Å². The van der Waals surface area contributed by atoms with Gasteiger partial charge in [0.05, 0.1) is 9.50 Å². The van der Waals surface area contributed by atoms with Gasteiger partial charge >= 0.3 is 6.09 Å². The van der Waals surface area contributed by atoms with Gasteiger partial charge in [-0.2, -0.15) is 4.98 Å². The van der Waals surface area contributed by atoms with Crippen LogP contribution in [0.2, 0.25) is 5.02 Å². The van der Waals surface area contributed by atoms with Crippen LogP contribution in [-0.4, -0.2) is 81.8 Å². The molecular formula is C27H37BrClFN6O2. The lowest BCUT2D eigenvalue weighted by Crippen LogP contribution is -2.59. The Kier molecular flexibility index (Phi) is 7.70. The first-order chi connectivity index (χ1) is 17.9. The topological polar surface area (TPSA) is 73.8 Å². The number of piperazine rings is 1. The second-order valence-corrected chi connectivity index (χ2v) is 13.1. The number of aromatic nitrogens is 2. The van der Waals surface area contributed by atoms with Gasteiger partial charge in [-0.05, 0) is 82.3 Å². The van der Waals surface area contributed by atoms with Crippen LogP contribution in [0.15, 0.2) is 10.5 Å². The van der Waals surface area contributed by atoms with Crippen molar-refractivity contribution < 1.29 is 13.9 Å². The molecule has 2 atom stereocenters. The molecule has 1 amide bonds. The van der Waals surface area contributed by atoms with Gasteiger partial charge in [0, 0.05) is 55.7 Å². The molecule has 1 aliphatic carbocycles. The van der Waals surface area contributed by atoms with Crippen molar-refractivity contribution in [3.63, 3.8) is 0 Å². The normalized spacial score (nSPS) is 23.7. The molecule has 1 aromatic heterocycles. The fourth-order valence-electron chi connectivity index (χ4n) is 5.47. The Labute approximate surface area is 237 Å². The molecule has 1 aromatic carbocycles. The van der Waals surface area contributed by atoms with Gasteiger partial charge in [0.25, 0.3) is 0 Å². The molecule has 1 saturated carbocycles. The highest BCUT2D eigenvalue weighted by Gasteiger charge is 2.37. The largest absolute Gasteiger partial charge is 0.444 e. The van der Waals surface area contributed by atoms with Crippen molar-refractivity contribution >= 4 is 56.3 Å². The summed E-state index contributed by atoms with van der Waals surface area (Å²) in [6, 6.07) is 2.49. The quantitative estimate of drug-likeness (QED) is 0.422. The predicted octanol–water partition coefficient (Wildman–Crippen LogP) is 6.06. The Morgan fingerprint density at radius 3 is 2.45 bits per heavy atom. The summed E-state index contributed by atoms with van der Waals surface area (Å²) in [5.41, 5.74) is -0.351. The first-order valence-corrected chi connectivity index (χ1v) is 14.7. The second kappa shape index (κ2) is 10.6. The van der Waals surface area contributed by atoms with E-state index in [4.69, 9.17) is 21.3 Å². The van der Waals surface area contributed by atoms with Gasteiger partial charge in [-0.15, -0.1) is 0 Å². The Balaban J connectivity index is 1.44. The second-order valence-electron chi connectivity index (χ2n) is 11.9. The van der Waals surface area contributed by atoms with Crippen molar-refractivity contribution in [2.24, 2.45) is 0 Å². The number of piperidine rings is 1. The van der Waals surface area contributed by atoms with Gasteiger partial charge in [0.1, 0.15) is 16.9 Å². The highest BCUT2D eigenvalue weighted by molar-refractivity contribution is 9.10. The first kappa shape index (κ1) is 27.6. The lowest BCUT2D eigenvalue weighted by atomic mass is 10.1. The SMILES string of the molecule is C[C@H]1CN(c2nc(NC3CCN(C4CC4)CC3)nc3c(F)c(Br)c(Cl)cc23)[C@@H](C)CN1C(=O)OC(C)(C)C. The van der Waals surface area contributed by atoms with Gasteiger partial charge in [-0.1, -0.05) is 11.6 Å². The van der Waals surface area contributed by atoms with E-state index in [9.17, 15) is 4.79 Å². The zero-order valence-corrected chi connectivity index (χ0v) is 25.1. The Morgan fingerprint density at radius 2 is 1.82 bits per heavy atom. The van der Waals surface area contributed by atoms with E-state index in [0.29, 0.717) is 30.2 Å². The third kappa shape index (κ3) is 5.82. The Morgan fingerprint density at radius 1 is 1.13 bits per heavy atom. The number of likely N-dealkylation sites (tertiary alicyclic amines) is 1. The molecule has 3 aliphatic rings. The molecule has 0 radical (unpaired) electrons. The summed E-state index contributed by atoms with van der Waals surface area (Å²) in [5.74, 6) is 0.528. The molecule has 2 saturated heterocycles. The van der Waals surface area contributed by atoms with Crippen molar-refractivity contribution in [1.29, 1.82) is 0 Å². The number of carbonyl (C=O) groups excluding carboxylic acids is 1. The van der Waals surface area contributed by atoms with E-state index in [2.05, 4.69) is 36.0 Å². The molecule has 2 aromatic rings. The zero-order chi connectivity index (χ0) is 27.4. The predicted molar refractivity (Wildman–Crippen MR) is 153 cm³/mol. The van der Waals surface area contributed by atoms with E-state index in [1.807, 2.05) is 34.6 Å². The van der Waals surface area contributed by atoms with E-state index in [1.54, 1.807) is 11.0 Å². The smallest absolute Gasteiger partial charge is 0.410 e.